The van der Waals surface area contributed by atoms with Crippen molar-refractivity contribution in [1.82, 2.24) is 18.7 Å². The standard InChI is InChI=1S/C22H21ClN6O2/c1-27-19-18(20(30)28(2)22(27)31)29(13-12-15-6-4-3-5-7-15)21(25-19)26-24-14-16-8-10-17(23)11-9-16/h3-11,14H,12-13H2,1-2H3,(H,25,26)/b24-14-. The number of nitrogens with one attached hydrogen (secondary N) is 1. The zero-order valence-corrected chi connectivity index (χ0v) is 17.9. The zero-order chi connectivity index (χ0) is 22.0. The Morgan fingerprint density at radius 1 is 1.03 bits per heavy atom. The van der Waals surface area contributed by atoms with Crippen LogP contribution in [-0.2, 0) is 27.1 Å². The molecule has 2 aromatic heterocycles. The van der Waals surface area contributed by atoms with Gasteiger partial charge in [-0.2, -0.15) is 10.1 Å². The van der Waals surface area contributed by atoms with Crippen molar-refractivity contribution in [1.29, 1.82) is 0 Å². The first kappa shape index (κ1) is 20.6. The quantitative estimate of drug-likeness (QED) is 0.372. The maximum absolute atomic E-state index is 12.9. The van der Waals surface area contributed by atoms with Crippen LogP contribution in [0.4, 0.5) is 5.95 Å². The molecule has 0 saturated heterocycles. The van der Waals surface area contributed by atoms with Crippen LogP contribution in [0, 0.1) is 0 Å². The molecule has 0 bridgehead atoms. The summed E-state index contributed by atoms with van der Waals surface area (Å²) in [6.07, 6.45) is 2.32. The fourth-order valence-corrected chi connectivity index (χ4v) is 3.47. The third-order valence-corrected chi connectivity index (χ3v) is 5.32. The number of halogens is 1. The van der Waals surface area contributed by atoms with Crippen LogP contribution in [0.1, 0.15) is 11.1 Å². The van der Waals surface area contributed by atoms with Crippen LogP contribution in [0.3, 0.4) is 0 Å². The van der Waals surface area contributed by atoms with E-state index in [1.165, 1.54) is 11.6 Å². The Kier molecular flexibility index (Phi) is 5.73. The highest BCUT2D eigenvalue weighted by Gasteiger charge is 2.18. The van der Waals surface area contributed by atoms with E-state index in [4.69, 9.17) is 11.6 Å². The number of benzene rings is 2. The molecule has 158 valence electrons. The van der Waals surface area contributed by atoms with Crippen LogP contribution in [0.25, 0.3) is 11.2 Å². The van der Waals surface area contributed by atoms with Gasteiger partial charge in [-0.25, -0.2) is 10.2 Å². The molecule has 4 rings (SSSR count). The Hall–Kier alpha value is -3.65. The molecule has 0 aliphatic heterocycles. The Bertz CT molecular complexity index is 1370. The summed E-state index contributed by atoms with van der Waals surface area (Å²) in [6.45, 7) is 0.493. The van der Waals surface area contributed by atoms with Gasteiger partial charge in [0.2, 0.25) is 5.95 Å². The molecule has 0 fully saturated rings. The van der Waals surface area contributed by atoms with Crippen molar-refractivity contribution < 1.29 is 0 Å². The largest absolute Gasteiger partial charge is 0.332 e. The smallest absolute Gasteiger partial charge is 0.303 e. The van der Waals surface area contributed by atoms with Crippen LogP contribution >= 0.6 is 11.6 Å². The maximum Gasteiger partial charge on any atom is 0.332 e. The lowest BCUT2D eigenvalue weighted by Crippen LogP contribution is -2.37. The first-order valence-corrected chi connectivity index (χ1v) is 10.1. The number of nitrogens with zero attached hydrogens (tertiary/aromatic N) is 5. The fraction of sp³-hybridized carbons (Fsp3) is 0.182. The van der Waals surface area contributed by atoms with Gasteiger partial charge in [0.15, 0.2) is 11.2 Å². The first-order chi connectivity index (χ1) is 15.0. The second-order valence-electron chi connectivity index (χ2n) is 7.12. The Morgan fingerprint density at radius 2 is 1.74 bits per heavy atom. The van der Waals surface area contributed by atoms with Crippen LogP contribution < -0.4 is 16.7 Å². The van der Waals surface area contributed by atoms with Gasteiger partial charge in [-0.3, -0.25) is 13.9 Å². The zero-order valence-electron chi connectivity index (χ0n) is 17.1. The molecule has 0 amide bonds. The lowest BCUT2D eigenvalue weighted by molar-refractivity contribution is 0.687. The lowest BCUT2D eigenvalue weighted by atomic mass is 10.1. The predicted octanol–water partition coefficient (Wildman–Crippen LogP) is 2.78. The number of aromatic nitrogens is 4. The average Bonchev–Trinajstić information content (AvgIpc) is 3.15. The molecule has 0 radical (unpaired) electrons. The lowest BCUT2D eigenvalue weighted by Gasteiger charge is -2.09. The van der Waals surface area contributed by atoms with Gasteiger partial charge in [0.05, 0.1) is 6.21 Å². The van der Waals surface area contributed by atoms with Crippen molar-refractivity contribution in [3.8, 4) is 0 Å². The molecule has 0 saturated carbocycles. The number of aryl methyl sites for hydroxylation is 3. The van der Waals surface area contributed by atoms with E-state index < -0.39 is 11.2 Å². The summed E-state index contributed by atoms with van der Waals surface area (Å²) < 4.78 is 4.22. The highest BCUT2D eigenvalue weighted by atomic mass is 35.5. The van der Waals surface area contributed by atoms with E-state index in [2.05, 4.69) is 15.5 Å². The fourth-order valence-electron chi connectivity index (χ4n) is 3.35. The van der Waals surface area contributed by atoms with Gasteiger partial charge in [-0.1, -0.05) is 54.1 Å². The van der Waals surface area contributed by atoms with Crippen molar-refractivity contribution in [2.45, 2.75) is 13.0 Å². The summed E-state index contributed by atoms with van der Waals surface area (Å²) in [5, 5.41) is 4.90. The first-order valence-electron chi connectivity index (χ1n) is 9.70. The molecule has 0 aliphatic carbocycles. The minimum atomic E-state index is -0.429. The second-order valence-corrected chi connectivity index (χ2v) is 7.56. The number of hydrazone groups is 1. The van der Waals surface area contributed by atoms with E-state index in [0.717, 1.165) is 15.7 Å². The summed E-state index contributed by atoms with van der Waals surface area (Å²) in [7, 11) is 3.06. The van der Waals surface area contributed by atoms with E-state index in [-0.39, 0.29) is 0 Å². The van der Waals surface area contributed by atoms with Gasteiger partial charge in [-0.05, 0) is 29.7 Å². The van der Waals surface area contributed by atoms with E-state index in [1.54, 1.807) is 30.0 Å². The number of hydrogen-bond acceptors (Lipinski definition) is 5. The molecular formula is C22H21ClN6O2. The minimum Gasteiger partial charge on any atom is -0.303 e. The Morgan fingerprint density at radius 3 is 2.45 bits per heavy atom. The van der Waals surface area contributed by atoms with Gasteiger partial charge in [0.1, 0.15) is 0 Å². The van der Waals surface area contributed by atoms with Crippen LogP contribution in [0.15, 0.2) is 69.3 Å². The third kappa shape index (κ3) is 4.15. The van der Waals surface area contributed by atoms with Gasteiger partial charge >= 0.3 is 5.69 Å². The summed E-state index contributed by atoms with van der Waals surface area (Å²) in [5.74, 6) is 0.384. The van der Waals surface area contributed by atoms with Crippen molar-refractivity contribution in [2.24, 2.45) is 19.2 Å². The Labute approximate surface area is 183 Å². The Balaban J connectivity index is 1.74. The average molecular weight is 437 g/mol. The molecule has 1 N–H and O–H groups in total. The summed E-state index contributed by atoms with van der Waals surface area (Å²) in [5.41, 5.74) is 4.74. The molecular weight excluding hydrogens is 416 g/mol. The number of anilines is 1. The van der Waals surface area contributed by atoms with E-state index in [0.29, 0.717) is 35.1 Å². The third-order valence-electron chi connectivity index (χ3n) is 5.06. The van der Waals surface area contributed by atoms with Crippen molar-refractivity contribution in [2.75, 3.05) is 5.43 Å². The van der Waals surface area contributed by atoms with E-state index in [9.17, 15) is 9.59 Å². The van der Waals surface area contributed by atoms with E-state index in [1.807, 2.05) is 42.5 Å². The van der Waals surface area contributed by atoms with Crippen molar-refractivity contribution >= 4 is 34.9 Å². The molecule has 31 heavy (non-hydrogen) atoms. The highest BCUT2D eigenvalue weighted by molar-refractivity contribution is 6.30. The topological polar surface area (TPSA) is 86.2 Å². The number of hydrogen-bond donors (Lipinski definition) is 1. The maximum atomic E-state index is 12.9. The molecule has 2 heterocycles. The van der Waals surface area contributed by atoms with Gasteiger partial charge in [-0.15, -0.1) is 0 Å². The molecule has 0 spiro atoms. The highest BCUT2D eigenvalue weighted by Crippen LogP contribution is 2.17. The second kappa shape index (κ2) is 8.61. The predicted molar refractivity (Wildman–Crippen MR) is 123 cm³/mol. The monoisotopic (exact) mass is 436 g/mol. The molecule has 0 aliphatic rings. The van der Waals surface area contributed by atoms with Crippen LogP contribution in [0.5, 0.6) is 0 Å². The molecule has 8 nitrogen and oxygen atoms in total. The minimum absolute atomic E-state index is 0.311. The number of imidazole rings is 1. The molecule has 0 atom stereocenters. The van der Waals surface area contributed by atoms with Crippen LogP contribution in [-0.4, -0.2) is 24.9 Å². The molecule has 2 aromatic carbocycles. The number of fused-ring (bicyclic) bond motifs is 1. The van der Waals surface area contributed by atoms with Crippen molar-refractivity contribution in [3.05, 3.63) is 91.6 Å². The summed E-state index contributed by atoms with van der Waals surface area (Å²) in [6, 6.07) is 17.2. The van der Waals surface area contributed by atoms with E-state index >= 15 is 0 Å². The summed E-state index contributed by atoms with van der Waals surface area (Å²) in [4.78, 5) is 29.7. The van der Waals surface area contributed by atoms with Gasteiger partial charge in [0.25, 0.3) is 5.56 Å². The van der Waals surface area contributed by atoms with Crippen LogP contribution in [0.2, 0.25) is 5.02 Å². The molecule has 9 heteroatoms. The molecule has 0 unspecified atom stereocenters. The van der Waals surface area contributed by atoms with Gasteiger partial charge < -0.3 is 4.57 Å². The normalized spacial score (nSPS) is 11.5. The van der Waals surface area contributed by atoms with Crippen molar-refractivity contribution in [3.63, 3.8) is 0 Å². The molecule has 4 aromatic rings. The van der Waals surface area contributed by atoms with Gasteiger partial charge in [0, 0.05) is 25.7 Å². The SMILES string of the molecule is Cn1c(=O)c2c(nc(N/N=C\c3ccc(Cl)cc3)n2CCc2ccccc2)n(C)c1=O. The number of rotatable bonds is 6. The summed E-state index contributed by atoms with van der Waals surface area (Å²) >= 11 is 5.92.